The van der Waals surface area contributed by atoms with E-state index in [9.17, 15) is 26.4 Å². The average Bonchev–Trinajstić information content (AvgIpc) is 2.69. The first-order valence-corrected chi connectivity index (χ1v) is 10.8. The Balaban J connectivity index is 1.89. The molecule has 0 aliphatic carbocycles. The molecule has 0 radical (unpaired) electrons. The first-order chi connectivity index (χ1) is 14.5. The number of benzene rings is 3. The number of anilines is 2. The van der Waals surface area contributed by atoms with Gasteiger partial charge in [0, 0.05) is 5.69 Å². The summed E-state index contributed by atoms with van der Waals surface area (Å²) in [7, 11) is -4.31. The fraction of sp³-hybridized carbons (Fsp3) is 0.0500. The van der Waals surface area contributed by atoms with Crippen LogP contribution in [0.2, 0.25) is 10.0 Å². The van der Waals surface area contributed by atoms with Crippen molar-refractivity contribution < 1.29 is 26.4 Å². The molecule has 3 aromatic carbocycles. The third kappa shape index (κ3) is 5.49. The van der Waals surface area contributed by atoms with E-state index in [1.807, 2.05) is 0 Å². The molecule has 0 fully saturated rings. The molecule has 2 N–H and O–H groups in total. The topological polar surface area (TPSA) is 75.3 Å². The van der Waals surface area contributed by atoms with Crippen LogP contribution in [0.25, 0.3) is 0 Å². The lowest BCUT2D eigenvalue weighted by Gasteiger charge is -2.13. The zero-order valence-electron chi connectivity index (χ0n) is 15.4. The molecule has 0 heterocycles. The largest absolute Gasteiger partial charge is 0.416 e. The van der Waals surface area contributed by atoms with Gasteiger partial charge in [0.05, 0.1) is 31.8 Å². The summed E-state index contributed by atoms with van der Waals surface area (Å²) >= 11 is 12.0. The van der Waals surface area contributed by atoms with Crippen molar-refractivity contribution in [1.29, 1.82) is 0 Å². The van der Waals surface area contributed by atoms with Crippen molar-refractivity contribution >= 4 is 50.5 Å². The smallest absolute Gasteiger partial charge is 0.321 e. The maximum absolute atomic E-state index is 12.9. The molecule has 11 heteroatoms. The maximum Gasteiger partial charge on any atom is 0.416 e. The SMILES string of the molecule is O=C(Nc1ccccc1Cl)c1cc(S(=O)(=O)Nc2cccc(C(F)(F)F)c2)ccc1Cl. The first kappa shape index (κ1) is 22.9. The van der Waals surface area contributed by atoms with E-state index < -0.39 is 27.7 Å². The van der Waals surface area contributed by atoms with E-state index in [0.29, 0.717) is 11.8 Å². The Morgan fingerprint density at radius 1 is 0.871 bits per heavy atom. The molecule has 0 atom stereocenters. The monoisotopic (exact) mass is 488 g/mol. The van der Waals surface area contributed by atoms with E-state index in [0.717, 1.165) is 24.3 Å². The van der Waals surface area contributed by atoms with Gasteiger partial charge in [-0.3, -0.25) is 9.52 Å². The molecular weight excluding hydrogens is 476 g/mol. The molecule has 3 aromatic rings. The highest BCUT2D eigenvalue weighted by atomic mass is 35.5. The predicted molar refractivity (Wildman–Crippen MR) is 113 cm³/mol. The number of sulfonamides is 1. The average molecular weight is 489 g/mol. The lowest BCUT2D eigenvalue weighted by atomic mass is 10.2. The third-order valence-corrected chi connectivity index (χ3v) is 6.10. The molecule has 1 amide bonds. The highest BCUT2D eigenvalue weighted by molar-refractivity contribution is 7.92. The van der Waals surface area contributed by atoms with E-state index >= 15 is 0 Å². The second-order valence-corrected chi connectivity index (χ2v) is 8.76. The van der Waals surface area contributed by atoms with Gasteiger partial charge < -0.3 is 5.32 Å². The van der Waals surface area contributed by atoms with E-state index in [1.54, 1.807) is 24.3 Å². The summed E-state index contributed by atoms with van der Waals surface area (Å²) in [6.45, 7) is 0. The predicted octanol–water partition coefficient (Wildman–Crippen LogP) is 6.07. The van der Waals surface area contributed by atoms with Crippen molar-refractivity contribution in [3.05, 3.63) is 87.9 Å². The Morgan fingerprint density at radius 3 is 2.26 bits per heavy atom. The van der Waals surface area contributed by atoms with Gasteiger partial charge >= 0.3 is 6.18 Å². The third-order valence-electron chi connectivity index (χ3n) is 4.06. The Labute approximate surface area is 185 Å². The van der Waals surface area contributed by atoms with Gasteiger partial charge in [0.1, 0.15) is 0 Å². The van der Waals surface area contributed by atoms with Gasteiger partial charge in [-0.15, -0.1) is 0 Å². The number of nitrogens with one attached hydrogen (secondary N) is 2. The molecule has 0 saturated heterocycles. The summed E-state index contributed by atoms with van der Waals surface area (Å²) in [5, 5.41) is 2.76. The molecular formula is C20H13Cl2F3N2O3S. The molecule has 0 aliphatic heterocycles. The number of alkyl halides is 3. The molecule has 3 rings (SSSR count). The summed E-state index contributed by atoms with van der Waals surface area (Å²) in [6, 6.07) is 13.5. The van der Waals surface area contributed by atoms with Gasteiger partial charge in [0.2, 0.25) is 0 Å². The molecule has 0 aliphatic rings. The number of amides is 1. The van der Waals surface area contributed by atoms with Gasteiger partial charge in [-0.05, 0) is 48.5 Å². The highest BCUT2D eigenvalue weighted by Crippen LogP contribution is 2.31. The van der Waals surface area contributed by atoms with E-state index in [2.05, 4.69) is 10.0 Å². The van der Waals surface area contributed by atoms with Crippen LogP contribution in [0.5, 0.6) is 0 Å². The fourth-order valence-electron chi connectivity index (χ4n) is 2.57. The normalized spacial score (nSPS) is 11.8. The zero-order valence-corrected chi connectivity index (χ0v) is 17.7. The lowest BCUT2D eigenvalue weighted by Crippen LogP contribution is -2.17. The van der Waals surface area contributed by atoms with Crippen LogP contribution in [0.1, 0.15) is 15.9 Å². The standard InChI is InChI=1S/C20H13Cl2F3N2O3S/c21-16-9-8-14(11-15(16)19(28)26-18-7-2-1-6-17(18)22)31(29,30)27-13-5-3-4-12(10-13)20(23,24)25/h1-11,27H,(H,26,28). The second kappa shape index (κ2) is 8.78. The number of carbonyl (C=O) groups is 1. The molecule has 162 valence electrons. The lowest BCUT2D eigenvalue weighted by molar-refractivity contribution is -0.137. The van der Waals surface area contributed by atoms with Crippen LogP contribution < -0.4 is 10.0 Å². The van der Waals surface area contributed by atoms with Crippen LogP contribution in [-0.4, -0.2) is 14.3 Å². The Hall–Kier alpha value is -2.75. The molecule has 31 heavy (non-hydrogen) atoms. The Bertz CT molecular complexity index is 1250. The first-order valence-electron chi connectivity index (χ1n) is 8.53. The Kier molecular flexibility index (Phi) is 6.49. The van der Waals surface area contributed by atoms with E-state index in [-0.39, 0.29) is 26.2 Å². The van der Waals surface area contributed by atoms with Crippen LogP contribution >= 0.6 is 23.2 Å². The number of halogens is 5. The minimum Gasteiger partial charge on any atom is -0.321 e. The number of rotatable bonds is 5. The minimum absolute atomic E-state index is 0.0254. The van der Waals surface area contributed by atoms with Crippen LogP contribution in [0.15, 0.2) is 71.6 Å². The summed E-state index contributed by atoms with van der Waals surface area (Å²) in [4.78, 5) is 12.2. The van der Waals surface area contributed by atoms with Crippen molar-refractivity contribution in [3.63, 3.8) is 0 Å². The highest BCUT2D eigenvalue weighted by Gasteiger charge is 2.31. The van der Waals surface area contributed by atoms with Crippen LogP contribution in [0.3, 0.4) is 0 Å². The summed E-state index contributed by atoms with van der Waals surface area (Å²) in [5.41, 5.74) is -1.16. The maximum atomic E-state index is 12.9. The van der Waals surface area contributed by atoms with Crippen molar-refractivity contribution in [2.45, 2.75) is 11.1 Å². The Morgan fingerprint density at radius 2 is 1.58 bits per heavy atom. The van der Waals surface area contributed by atoms with Crippen molar-refractivity contribution in [2.75, 3.05) is 10.0 Å². The van der Waals surface area contributed by atoms with Gasteiger partial charge in [0.25, 0.3) is 15.9 Å². The van der Waals surface area contributed by atoms with Gasteiger partial charge in [-0.1, -0.05) is 41.4 Å². The van der Waals surface area contributed by atoms with E-state index in [4.69, 9.17) is 23.2 Å². The number of hydrogen-bond acceptors (Lipinski definition) is 3. The molecule has 0 saturated carbocycles. The summed E-state index contributed by atoms with van der Waals surface area (Å²) < 4.78 is 66.0. The van der Waals surface area contributed by atoms with Crippen LogP contribution in [-0.2, 0) is 16.2 Å². The summed E-state index contributed by atoms with van der Waals surface area (Å²) in [5.74, 6) is -0.714. The zero-order chi connectivity index (χ0) is 22.8. The second-order valence-electron chi connectivity index (χ2n) is 6.26. The molecule has 5 nitrogen and oxygen atoms in total. The molecule has 0 aromatic heterocycles. The van der Waals surface area contributed by atoms with Crippen LogP contribution in [0, 0.1) is 0 Å². The van der Waals surface area contributed by atoms with Crippen molar-refractivity contribution in [1.82, 2.24) is 0 Å². The number of hydrogen-bond donors (Lipinski definition) is 2. The summed E-state index contributed by atoms with van der Waals surface area (Å²) in [6.07, 6.45) is -4.63. The molecule has 0 bridgehead atoms. The molecule has 0 unspecified atom stereocenters. The number of para-hydroxylation sites is 1. The van der Waals surface area contributed by atoms with Crippen molar-refractivity contribution in [3.8, 4) is 0 Å². The minimum atomic E-state index is -4.63. The van der Waals surface area contributed by atoms with Crippen molar-refractivity contribution in [2.24, 2.45) is 0 Å². The number of carbonyl (C=O) groups excluding carboxylic acids is 1. The fourth-order valence-corrected chi connectivity index (χ4v) is 4.03. The quantitative estimate of drug-likeness (QED) is 0.457. The van der Waals surface area contributed by atoms with Crippen LogP contribution in [0.4, 0.5) is 24.5 Å². The van der Waals surface area contributed by atoms with Gasteiger partial charge in [0.15, 0.2) is 0 Å². The van der Waals surface area contributed by atoms with E-state index in [1.165, 1.54) is 12.1 Å². The van der Waals surface area contributed by atoms with Gasteiger partial charge in [-0.2, -0.15) is 13.2 Å². The van der Waals surface area contributed by atoms with Gasteiger partial charge in [-0.25, -0.2) is 8.42 Å². The molecule has 0 spiro atoms.